The number of ether oxygens (including phenoxy) is 3. The lowest BCUT2D eigenvalue weighted by atomic mass is 9.78. The van der Waals surface area contributed by atoms with E-state index < -0.39 is 113 Å². The molecule has 0 saturated carbocycles. The maximum absolute atomic E-state index is 15.6. The first-order chi connectivity index (χ1) is 38.9. The third kappa shape index (κ3) is 10.7. The summed E-state index contributed by atoms with van der Waals surface area (Å²) in [5.41, 5.74) is 0.437. The van der Waals surface area contributed by atoms with Crippen LogP contribution in [0.4, 0.5) is 31.5 Å². The topological polar surface area (TPSA) is 252 Å². The van der Waals surface area contributed by atoms with Crippen LogP contribution in [0.15, 0.2) is 113 Å². The number of aryl methyl sites for hydroxylation is 1. The number of ketones is 1. The second-order valence-electron chi connectivity index (χ2n) is 22.0. The van der Waals surface area contributed by atoms with Crippen LogP contribution in [0.2, 0.25) is 0 Å². The summed E-state index contributed by atoms with van der Waals surface area (Å²) in [7, 11) is 1.43. The van der Waals surface area contributed by atoms with Gasteiger partial charge in [-0.2, -0.15) is 0 Å². The van der Waals surface area contributed by atoms with Gasteiger partial charge in [-0.15, -0.1) is 0 Å². The highest BCUT2D eigenvalue weighted by Gasteiger charge is 2.51. The summed E-state index contributed by atoms with van der Waals surface area (Å²) >= 11 is 0. The minimum atomic E-state index is -2.06. The third-order valence-electron chi connectivity index (χ3n) is 16.6. The van der Waals surface area contributed by atoms with Crippen molar-refractivity contribution in [1.29, 1.82) is 0 Å². The summed E-state index contributed by atoms with van der Waals surface area (Å²) < 4.78 is 48.4. The number of benzene rings is 5. The van der Waals surface area contributed by atoms with E-state index >= 15 is 9.18 Å². The molecule has 0 radical (unpaired) electrons. The van der Waals surface area contributed by atoms with Gasteiger partial charge in [0.05, 0.1) is 76.5 Å². The summed E-state index contributed by atoms with van der Waals surface area (Å²) in [5, 5.41) is 64.4. The van der Waals surface area contributed by atoms with Crippen molar-refractivity contribution in [2.24, 2.45) is 33.7 Å². The second kappa shape index (κ2) is 23.1. The first-order valence-corrected chi connectivity index (χ1v) is 27.2. The first kappa shape index (κ1) is 58.6. The number of aromatic hydroxyl groups is 2. The smallest absolute Gasteiger partial charge is 0.312 e. The molecule has 82 heavy (non-hydrogen) atoms. The number of phenols is 2. The van der Waals surface area contributed by atoms with Crippen LogP contribution in [0.5, 0.6) is 17.2 Å². The van der Waals surface area contributed by atoms with Crippen molar-refractivity contribution in [2.45, 2.75) is 104 Å². The maximum atomic E-state index is 15.6. The summed E-state index contributed by atoms with van der Waals surface area (Å²) in [6, 6.07) is 16.4. The quantitative estimate of drug-likeness (QED) is 0.0785. The van der Waals surface area contributed by atoms with E-state index in [4.69, 9.17) is 19.2 Å². The van der Waals surface area contributed by atoms with Gasteiger partial charge in [0.25, 0.3) is 23.5 Å². The summed E-state index contributed by atoms with van der Waals surface area (Å²) in [6.45, 7) is 12.8. The van der Waals surface area contributed by atoms with Crippen LogP contribution in [0.1, 0.15) is 86.2 Å². The number of amides is 3. The Hall–Kier alpha value is -8.04. The van der Waals surface area contributed by atoms with E-state index in [1.807, 2.05) is 4.90 Å². The molecule has 1 spiro atoms. The van der Waals surface area contributed by atoms with Gasteiger partial charge in [0.15, 0.2) is 5.75 Å². The second-order valence-corrected chi connectivity index (χ2v) is 22.0. The number of allylic oxidation sites excluding steroid dienone is 2. The molecule has 1 saturated heterocycles. The Morgan fingerprint density at radius 2 is 1.52 bits per heavy atom. The number of aliphatic hydroxyl groups is 3. The SMILES string of the molecule is CO[C@H]1/C=C/O[C@]2(C)Oc3c(C)c(O)c4c(O)c(c5c(c4c3C2=O)NC2(CCN(c3ccc(F)cc3N(C(=O)CNC(=O)c3ccccc3F)c3ccccc3C)CC2)N=5)=NC(=O)/C(C)=C\C=C\[C@H](C)[C@H](O)[C@@H](C)[C@@H](O)[C@@H](C)[C@H](O)[C@@H]1C. The van der Waals surface area contributed by atoms with Crippen LogP contribution in [0, 0.1) is 49.2 Å². The molecule has 4 bridgehead atoms. The van der Waals surface area contributed by atoms with E-state index in [9.17, 15) is 44.3 Å². The van der Waals surface area contributed by atoms with Gasteiger partial charge >= 0.3 is 5.79 Å². The van der Waals surface area contributed by atoms with E-state index in [-0.39, 0.29) is 86.8 Å². The van der Waals surface area contributed by atoms with Gasteiger partial charge in [0.2, 0.25) is 0 Å². The zero-order valence-corrected chi connectivity index (χ0v) is 47.0. The molecule has 7 N–H and O–H groups in total. The number of carbonyl (C=O) groups excluding carboxylic acids is 4. The van der Waals surface area contributed by atoms with Crippen LogP contribution < -0.4 is 35.9 Å². The molecule has 5 aromatic carbocycles. The molecule has 4 aliphatic heterocycles. The molecule has 0 unspecified atom stereocenters. The Morgan fingerprint density at radius 1 is 0.854 bits per heavy atom. The lowest BCUT2D eigenvalue weighted by Crippen LogP contribution is -2.47. The number of para-hydroxylation sites is 1. The highest BCUT2D eigenvalue weighted by Crippen LogP contribution is 2.52. The van der Waals surface area contributed by atoms with Crippen molar-refractivity contribution in [3.05, 3.63) is 147 Å². The number of anilines is 4. The number of methoxy groups -OCH3 is 1. The highest BCUT2D eigenvalue weighted by atomic mass is 19.1. The average molecular weight is 1130 g/mol. The predicted molar refractivity (Wildman–Crippen MR) is 303 cm³/mol. The number of fused-ring (bicyclic) bond motifs is 1. The minimum absolute atomic E-state index is 0.00231. The third-order valence-corrected chi connectivity index (χ3v) is 16.6. The first-order valence-electron chi connectivity index (χ1n) is 27.2. The number of aliphatic hydroxyl groups excluding tert-OH is 3. The zero-order chi connectivity index (χ0) is 59.3. The number of hydrogen-bond donors (Lipinski definition) is 7. The Kier molecular flexibility index (Phi) is 16.5. The fourth-order valence-electron chi connectivity index (χ4n) is 11.5. The van der Waals surface area contributed by atoms with Crippen molar-refractivity contribution in [3.63, 3.8) is 0 Å². The minimum Gasteiger partial charge on any atom is -0.507 e. The molecule has 9 atom stereocenters. The van der Waals surface area contributed by atoms with Gasteiger partial charge in [-0.05, 0) is 62.7 Å². The maximum Gasteiger partial charge on any atom is 0.312 e. The Balaban J connectivity index is 1.13. The number of rotatable bonds is 7. The van der Waals surface area contributed by atoms with Gasteiger partial charge in [0.1, 0.15) is 39.5 Å². The van der Waals surface area contributed by atoms with Crippen LogP contribution in [-0.4, -0.2) is 112 Å². The van der Waals surface area contributed by atoms with Gasteiger partial charge in [-0.3, -0.25) is 29.1 Å². The number of nitrogens with one attached hydrogen (secondary N) is 2. The normalized spacial score (nSPS) is 26.9. The molecule has 4 heterocycles. The van der Waals surface area contributed by atoms with Gasteiger partial charge in [0, 0.05) is 86.2 Å². The number of piperidine rings is 1. The van der Waals surface area contributed by atoms with E-state index in [0.29, 0.717) is 16.9 Å². The van der Waals surface area contributed by atoms with Gasteiger partial charge < -0.3 is 55.3 Å². The van der Waals surface area contributed by atoms with E-state index in [1.54, 1.807) is 77.1 Å². The molecule has 9 rings (SSSR count). The van der Waals surface area contributed by atoms with Crippen molar-refractivity contribution in [1.82, 2.24) is 5.32 Å². The van der Waals surface area contributed by atoms with Crippen LogP contribution >= 0.6 is 0 Å². The molecule has 0 aromatic heterocycles. The molecule has 20 heteroatoms. The molecule has 4 aliphatic rings. The number of hydrogen-bond acceptors (Lipinski definition) is 15. The highest BCUT2D eigenvalue weighted by molar-refractivity contribution is 6.22. The zero-order valence-electron chi connectivity index (χ0n) is 47.0. The number of carbonyl (C=O) groups is 4. The lowest BCUT2D eigenvalue weighted by Gasteiger charge is -2.40. The predicted octanol–water partition coefficient (Wildman–Crippen LogP) is 7.41. The van der Waals surface area contributed by atoms with Crippen LogP contribution in [0.3, 0.4) is 0 Å². The fourth-order valence-corrected chi connectivity index (χ4v) is 11.5. The monoisotopic (exact) mass is 1130 g/mol. The van der Waals surface area contributed by atoms with E-state index in [2.05, 4.69) is 15.6 Å². The van der Waals surface area contributed by atoms with Crippen molar-refractivity contribution in [3.8, 4) is 17.2 Å². The summed E-state index contributed by atoms with van der Waals surface area (Å²) in [5.74, 6) is -10.3. The summed E-state index contributed by atoms with van der Waals surface area (Å²) in [4.78, 5) is 69.7. The number of Topliss-reactive ketones (excluding diaryl/α,β-unsaturated/α-hetero) is 1. The fraction of sp³-hybridized carbons (Fsp3) is 0.387. The number of nitrogens with zero attached hydrogens (tertiary/aromatic N) is 4. The largest absolute Gasteiger partial charge is 0.507 e. The molecule has 18 nitrogen and oxygen atoms in total. The van der Waals surface area contributed by atoms with Crippen molar-refractivity contribution >= 4 is 57.0 Å². The standard InChI is InChI=1S/C62H68F2N6O12/c1-31-15-10-13-20-41(31)70(45(71)30-65-60(79)39-18-11-12-19-40(39)64)43-29-38(63)21-22-42(43)69-26-24-62(25-27-69)67-49-46-47-55(75)37(7)57-48(46)58(77)61(8,82-57)81-28-23-44(80-9)34(4)53(73)36(6)54(74)35(5)52(72)32(2)16-14-17-33(3)59(78)66-51(56(47)76)50(49)68-62/h10-23,28-29,32,34-36,44,52-54,67,72-76H,24-27,30H2,1-9H3,(H,65,79)/b16-14+,28-23+,33-17-,66-51?/t32-,34+,35+,36-,44-,52-,53+,54+,61+/m0/s1. The molecule has 3 amide bonds. The van der Waals surface area contributed by atoms with E-state index in [0.717, 1.165) is 6.07 Å². The molecule has 0 aliphatic carbocycles. The average Bonchev–Trinajstić information content (AvgIpc) is 1.73. The van der Waals surface area contributed by atoms with Crippen LogP contribution in [-0.2, 0) is 19.1 Å². The van der Waals surface area contributed by atoms with Crippen LogP contribution in [0.25, 0.3) is 10.8 Å². The molecular formula is C62H68F2N6O12. The summed E-state index contributed by atoms with van der Waals surface area (Å²) in [6.07, 6.45) is 3.63. The van der Waals surface area contributed by atoms with Crippen molar-refractivity contribution < 1.29 is 67.7 Å². The Labute approximate surface area is 472 Å². The van der Waals surface area contributed by atoms with Crippen molar-refractivity contribution in [2.75, 3.05) is 41.9 Å². The Bertz CT molecular complexity index is 3620. The lowest BCUT2D eigenvalue weighted by molar-refractivity contribution is -0.117. The number of halogens is 2. The molecule has 5 aromatic rings. The van der Waals surface area contributed by atoms with Gasteiger partial charge in [-0.25, -0.2) is 13.8 Å². The Morgan fingerprint density at radius 3 is 2.22 bits per heavy atom. The molecule has 1 fully saturated rings. The molecular weight excluding hydrogens is 1060 g/mol. The molecule has 432 valence electrons. The van der Waals surface area contributed by atoms with E-state index in [1.165, 1.54) is 81.5 Å². The number of phenolic OH excluding ortho intramolecular Hbond substituents is 2. The van der Waals surface area contributed by atoms with Gasteiger partial charge in [-0.1, -0.05) is 76.3 Å².